The van der Waals surface area contributed by atoms with Gasteiger partial charge in [-0.15, -0.1) is 11.3 Å². The van der Waals surface area contributed by atoms with Gasteiger partial charge in [-0.05, 0) is 53.1 Å². The maximum Gasteiger partial charge on any atom is 0.252 e. The largest absolute Gasteiger partial charge is 0.340 e. The lowest BCUT2D eigenvalue weighted by Gasteiger charge is -2.19. The van der Waals surface area contributed by atoms with Crippen molar-refractivity contribution in [3.8, 4) is 0 Å². The Kier molecular flexibility index (Phi) is 6.95. The van der Waals surface area contributed by atoms with Crippen molar-refractivity contribution < 1.29 is 13.2 Å². The summed E-state index contributed by atoms with van der Waals surface area (Å²) in [6.07, 6.45) is 2.15. The Labute approximate surface area is 182 Å². The quantitative estimate of drug-likeness (QED) is 0.506. The summed E-state index contributed by atoms with van der Waals surface area (Å²) in [6, 6.07) is 18.5. The minimum atomic E-state index is -3.41. The third-order valence-corrected chi connectivity index (χ3v) is 6.53. The predicted molar refractivity (Wildman–Crippen MR) is 124 cm³/mol. The zero-order valence-corrected chi connectivity index (χ0v) is 18.9. The van der Waals surface area contributed by atoms with Gasteiger partial charge < -0.3 is 5.32 Å². The van der Waals surface area contributed by atoms with E-state index in [1.807, 2.05) is 17.5 Å². The van der Waals surface area contributed by atoms with Crippen LogP contribution < -0.4 is 10.0 Å². The van der Waals surface area contributed by atoms with E-state index in [0.29, 0.717) is 17.2 Å². The van der Waals surface area contributed by atoms with E-state index < -0.39 is 10.0 Å². The third kappa shape index (κ3) is 5.70. The molecule has 0 saturated carbocycles. The van der Waals surface area contributed by atoms with Gasteiger partial charge in [0.25, 0.3) is 5.91 Å². The summed E-state index contributed by atoms with van der Waals surface area (Å²) in [5.74, 6) is 0.218. The monoisotopic (exact) mass is 442 g/mol. The molecule has 0 fully saturated rings. The average Bonchev–Trinajstić information content (AvgIpc) is 3.25. The van der Waals surface area contributed by atoms with E-state index in [1.54, 1.807) is 29.5 Å². The first-order chi connectivity index (χ1) is 14.3. The topological polar surface area (TPSA) is 75.3 Å². The first-order valence-electron chi connectivity index (χ1n) is 9.79. The van der Waals surface area contributed by atoms with Gasteiger partial charge in [-0.2, -0.15) is 0 Å². The highest BCUT2D eigenvalue weighted by molar-refractivity contribution is 7.92. The standard InChI is InChI=1S/C23H26N2O3S2/c1-4-16(2)17-10-12-18(13-11-17)22(21-9-6-14-29-21)24-23(26)19-7-5-8-20(15-19)25-30(3,27)28/h5-16,22,25H,4H2,1-3H3,(H,24,26). The van der Waals surface area contributed by atoms with Crippen LogP contribution in [0.3, 0.4) is 0 Å². The van der Waals surface area contributed by atoms with Crippen LogP contribution in [0, 0.1) is 0 Å². The number of nitrogens with one attached hydrogen (secondary N) is 2. The van der Waals surface area contributed by atoms with Crippen molar-refractivity contribution in [1.82, 2.24) is 5.32 Å². The average molecular weight is 443 g/mol. The van der Waals surface area contributed by atoms with E-state index in [4.69, 9.17) is 0 Å². The van der Waals surface area contributed by atoms with Gasteiger partial charge in [0.05, 0.1) is 12.3 Å². The number of sulfonamides is 1. The van der Waals surface area contributed by atoms with Crippen molar-refractivity contribution in [3.05, 3.63) is 87.6 Å². The lowest BCUT2D eigenvalue weighted by Crippen LogP contribution is -2.29. The van der Waals surface area contributed by atoms with Crippen molar-refractivity contribution >= 4 is 33.0 Å². The van der Waals surface area contributed by atoms with E-state index in [1.165, 1.54) is 11.6 Å². The smallest absolute Gasteiger partial charge is 0.252 e. The number of amides is 1. The van der Waals surface area contributed by atoms with E-state index in [-0.39, 0.29) is 11.9 Å². The summed E-state index contributed by atoms with van der Waals surface area (Å²) in [4.78, 5) is 14.0. The van der Waals surface area contributed by atoms with Gasteiger partial charge in [0.15, 0.2) is 0 Å². The maximum atomic E-state index is 13.0. The second kappa shape index (κ2) is 9.45. The van der Waals surface area contributed by atoms with Crippen LogP contribution in [0.4, 0.5) is 5.69 Å². The number of hydrogen-bond acceptors (Lipinski definition) is 4. The number of hydrogen-bond donors (Lipinski definition) is 2. The molecule has 2 N–H and O–H groups in total. The van der Waals surface area contributed by atoms with E-state index in [9.17, 15) is 13.2 Å². The number of benzene rings is 2. The minimum absolute atomic E-state index is 0.267. The predicted octanol–water partition coefficient (Wildman–Crippen LogP) is 5.15. The first kappa shape index (κ1) is 22.1. The Hall–Kier alpha value is -2.64. The van der Waals surface area contributed by atoms with Crippen molar-refractivity contribution in [2.75, 3.05) is 11.0 Å². The lowest BCUT2D eigenvalue weighted by molar-refractivity contribution is 0.0943. The molecule has 0 aliphatic carbocycles. The number of carbonyl (C=O) groups excluding carboxylic acids is 1. The SMILES string of the molecule is CCC(C)c1ccc(C(NC(=O)c2cccc(NS(C)(=O)=O)c2)c2cccs2)cc1. The summed E-state index contributed by atoms with van der Waals surface area (Å²) >= 11 is 1.58. The zero-order valence-electron chi connectivity index (χ0n) is 17.3. The summed E-state index contributed by atoms with van der Waals surface area (Å²) in [7, 11) is -3.41. The van der Waals surface area contributed by atoms with Crippen molar-refractivity contribution in [2.24, 2.45) is 0 Å². The minimum Gasteiger partial charge on any atom is -0.340 e. The Morgan fingerprint density at radius 2 is 1.73 bits per heavy atom. The Bertz CT molecular complexity index is 1090. The van der Waals surface area contributed by atoms with Crippen LogP contribution in [0.1, 0.15) is 58.6 Å². The molecule has 30 heavy (non-hydrogen) atoms. The van der Waals surface area contributed by atoms with Crippen molar-refractivity contribution in [1.29, 1.82) is 0 Å². The van der Waals surface area contributed by atoms with E-state index in [2.05, 4.69) is 48.2 Å². The molecule has 0 radical (unpaired) electrons. The molecule has 0 saturated heterocycles. The van der Waals surface area contributed by atoms with Crippen molar-refractivity contribution in [3.63, 3.8) is 0 Å². The molecule has 1 heterocycles. The zero-order chi connectivity index (χ0) is 21.7. The van der Waals surface area contributed by atoms with Crippen LogP contribution in [0.5, 0.6) is 0 Å². The molecule has 7 heteroatoms. The molecule has 158 valence electrons. The highest BCUT2D eigenvalue weighted by Crippen LogP contribution is 2.28. The number of anilines is 1. The molecule has 3 aromatic rings. The molecule has 0 spiro atoms. The fourth-order valence-electron chi connectivity index (χ4n) is 3.18. The molecule has 2 unspecified atom stereocenters. The van der Waals surface area contributed by atoms with Gasteiger partial charge in [-0.3, -0.25) is 9.52 Å². The first-order valence-corrected chi connectivity index (χ1v) is 12.6. The third-order valence-electron chi connectivity index (χ3n) is 4.98. The van der Waals surface area contributed by atoms with Gasteiger partial charge in [0, 0.05) is 16.1 Å². The lowest BCUT2D eigenvalue weighted by atomic mass is 9.95. The molecule has 2 aromatic carbocycles. The van der Waals surface area contributed by atoms with Crippen LogP contribution in [-0.2, 0) is 10.0 Å². The van der Waals surface area contributed by atoms with Gasteiger partial charge in [0.1, 0.15) is 0 Å². The Morgan fingerprint density at radius 1 is 1.03 bits per heavy atom. The molecule has 3 rings (SSSR count). The molecule has 1 amide bonds. The molecule has 2 atom stereocenters. The maximum absolute atomic E-state index is 13.0. The van der Waals surface area contributed by atoms with Crippen LogP contribution >= 0.6 is 11.3 Å². The molecule has 0 bridgehead atoms. The molecular weight excluding hydrogens is 416 g/mol. The number of thiophene rings is 1. The normalized spacial score (nSPS) is 13.4. The molecule has 0 aliphatic heterocycles. The van der Waals surface area contributed by atoms with Gasteiger partial charge in [0.2, 0.25) is 10.0 Å². The molecule has 5 nitrogen and oxygen atoms in total. The number of carbonyl (C=O) groups is 1. The van der Waals surface area contributed by atoms with Crippen LogP contribution in [0.25, 0.3) is 0 Å². The second-order valence-corrected chi connectivity index (χ2v) is 10.1. The Morgan fingerprint density at radius 3 is 2.33 bits per heavy atom. The summed E-state index contributed by atoms with van der Waals surface area (Å²) in [5.41, 5.74) is 3.03. The summed E-state index contributed by atoms with van der Waals surface area (Å²) < 4.78 is 25.4. The highest BCUT2D eigenvalue weighted by Gasteiger charge is 2.19. The number of rotatable bonds is 8. The van der Waals surface area contributed by atoms with Crippen LogP contribution in [0.15, 0.2) is 66.0 Å². The van der Waals surface area contributed by atoms with E-state index in [0.717, 1.165) is 23.1 Å². The van der Waals surface area contributed by atoms with Crippen LogP contribution in [-0.4, -0.2) is 20.6 Å². The van der Waals surface area contributed by atoms with Gasteiger partial charge in [-0.1, -0.05) is 50.2 Å². The summed E-state index contributed by atoms with van der Waals surface area (Å²) in [6.45, 7) is 4.37. The summed E-state index contributed by atoms with van der Waals surface area (Å²) in [5, 5.41) is 5.08. The van der Waals surface area contributed by atoms with Crippen molar-refractivity contribution in [2.45, 2.75) is 32.2 Å². The molecular formula is C23H26N2O3S2. The second-order valence-electron chi connectivity index (χ2n) is 7.35. The fraction of sp³-hybridized carbons (Fsp3) is 0.261. The fourth-order valence-corrected chi connectivity index (χ4v) is 4.54. The van der Waals surface area contributed by atoms with Crippen LogP contribution in [0.2, 0.25) is 0 Å². The highest BCUT2D eigenvalue weighted by atomic mass is 32.2. The van der Waals surface area contributed by atoms with E-state index >= 15 is 0 Å². The van der Waals surface area contributed by atoms with Gasteiger partial charge >= 0.3 is 0 Å². The van der Waals surface area contributed by atoms with Gasteiger partial charge in [-0.25, -0.2) is 8.42 Å². The molecule has 0 aliphatic rings. The Balaban J connectivity index is 1.86. The molecule has 1 aromatic heterocycles.